The second-order valence-corrected chi connectivity index (χ2v) is 5.11. The first-order chi connectivity index (χ1) is 8.33. The molecule has 0 spiro atoms. The number of nitrogens with one attached hydrogen (secondary N) is 1. The number of benzene rings is 1. The number of fused-ring (bicyclic) bond motifs is 1. The zero-order valence-electron chi connectivity index (χ0n) is 8.59. The minimum atomic E-state index is 0.731. The van der Waals surface area contributed by atoms with Gasteiger partial charge in [-0.3, -0.25) is 0 Å². The van der Waals surface area contributed by atoms with Gasteiger partial charge in [-0.1, -0.05) is 22.0 Å². The summed E-state index contributed by atoms with van der Waals surface area (Å²) in [5, 5.41) is 3.24. The van der Waals surface area contributed by atoms with Crippen LogP contribution in [0, 0.1) is 0 Å². The Kier molecular flexibility index (Phi) is 2.74. The summed E-state index contributed by atoms with van der Waals surface area (Å²) < 4.78 is 1.02. The van der Waals surface area contributed by atoms with Gasteiger partial charge < -0.3 is 5.32 Å². The maximum atomic E-state index is 4.26. The SMILES string of the molecule is Brc1cccc(Nc2ncnc3scnc23)c1. The van der Waals surface area contributed by atoms with E-state index in [1.165, 1.54) is 11.3 Å². The monoisotopic (exact) mass is 306 g/mol. The summed E-state index contributed by atoms with van der Waals surface area (Å²) in [5.74, 6) is 0.731. The van der Waals surface area contributed by atoms with Gasteiger partial charge >= 0.3 is 0 Å². The number of rotatable bonds is 2. The van der Waals surface area contributed by atoms with Crippen molar-refractivity contribution in [1.29, 1.82) is 0 Å². The predicted molar refractivity (Wildman–Crippen MR) is 72.6 cm³/mol. The van der Waals surface area contributed by atoms with Gasteiger partial charge in [0.1, 0.15) is 16.7 Å². The topological polar surface area (TPSA) is 50.7 Å². The Labute approximate surface area is 110 Å². The largest absolute Gasteiger partial charge is 0.338 e. The molecule has 17 heavy (non-hydrogen) atoms. The first-order valence-electron chi connectivity index (χ1n) is 4.90. The quantitative estimate of drug-likeness (QED) is 0.786. The van der Waals surface area contributed by atoms with Crippen molar-refractivity contribution < 1.29 is 0 Å². The summed E-state index contributed by atoms with van der Waals surface area (Å²) in [6.45, 7) is 0. The molecule has 3 rings (SSSR count). The molecular formula is C11H7BrN4S. The third-order valence-corrected chi connectivity index (χ3v) is 3.45. The van der Waals surface area contributed by atoms with E-state index >= 15 is 0 Å². The number of anilines is 2. The van der Waals surface area contributed by atoms with Crippen molar-refractivity contribution in [2.45, 2.75) is 0 Å². The molecule has 0 radical (unpaired) electrons. The smallest absolute Gasteiger partial charge is 0.161 e. The lowest BCUT2D eigenvalue weighted by molar-refractivity contribution is 1.22. The molecule has 3 aromatic rings. The predicted octanol–water partition coefficient (Wildman–Crippen LogP) is 3.59. The lowest BCUT2D eigenvalue weighted by Crippen LogP contribution is -1.95. The van der Waals surface area contributed by atoms with Crippen molar-refractivity contribution in [3.8, 4) is 0 Å². The average molecular weight is 307 g/mol. The molecule has 84 valence electrons. The Morgan fingerprint density at radius 3 is 3.00 bits per heavy atom. The molecule has 0 amide bonds. The molecule has 0 atom stereocenters. The van der Waals surface area contributed by atoms with Crippen LogP contribution in [0.25, 0.3) is 10.3 Å². The van der Waals surface area contributed by atoms with E-state index < -0.39 is 0 Å². The lowest BCUT2D eigenvalue weighted by atomic mass is 10.3. The Morgan fingerprint density at radius 2 is 2.12 bits per heavy atom. The molecule has 0 aliphatic carbocycles. The van der Waals surface area contributed by atoms with Crippen LogP contribution >= 0.6 is 27.3 Å². The Morgan fingerprint density at radius 1 is 1.18 bits per heavy atom. The van der Waals surface area contributed by atoms with E-state index in [-0.39, 0.29) is 0 Å². The van der Waals surface area contributed by atoms with Crippen molar-refractivity contribution in [2.24, 2.45) is 0 Å². The van der Waals surface area contributed by atoms with Crippen molar-refractivity contribution in [3.63, 3.8) is 0 Å². The normalized spacial score (nSPS) is 10.6. The number of aromatic nitrogens is 3. The highest BCUT2D eigenvalue weighted by Crippen LogP contribution is 2.25. The first-order valence-corrected chi connectivity index (χ1v) is 6.57. The van der Waals surface area contributed by atoms with E-state index in [4.69, 9.17) is 0 Å². The molecule has 0 bridgehead atoms. The Balaban J connectivity index is 2.02. The summed E-state index contributed by atoms with van der Waals surface area (Å²) in [7, 11) is 0. The van der Waals surface area contributed by atoms with Crippen molar-refractivity contribution in [3.05, 3.63) is 40.6 Å². The number of nitrogens with zero attached hydrogens (tertiary/aromatic N) is 3. The van der Waals surface area contributed by atoms with Gasteiger partial charge in [0, 0.05) is 10.2 Å². The van der Waals surface area contributed by atoms with Crippen LogP contribution in [-0.2, 0) is 0 Å². The van der Waals surface area contributed by atoms with Crippen LogP contribution in [0.1, 0.15) is 0 Å². The second-order valence-electron chi connectivity index (χ2n) is 3.36. The van der Waals surface area contributed by atoms with Crippen LogP contribution in [-0.4, -0.2) is 15.0 Å². The van der Waals surface area contributed by atoms with Gasteiger partial charge in [0.15, 0.2) is 5.82 Å². The molecule has 0 saturated heterocycles. The van der Waals surface area contributed by atoms with Crippen LogP contribution < -0.4 is 5.32 Å². The van der Waals surface area contributed by atoms with E-state index in [0.717, 1.165) is 26.3 Å². The summed E-state index contributed by atoms with van der Waals surface area (Å²) in [6.07, 6.45) is 1.54. The molecule has 0 saturated carbocycles. The fourth-order valence-corrected chi connectivity index (χ4v) is 2.51. The highest BCUT2D eigenvalue weighted by Gasteiger charge is 2.06. The Hall–Kier alpha value is -1.53. The van der Waals surface area contributed by atoms with Gasteiger partial charge in [0.05, 0.1) is 5.51 Å². The molecule has 1 N–H and O–H groups in total. The number of thiazole rings is 1. The fraction of sp³-hybridized carbons (Fsp3) is 0. The molecule has 4 nitrogen and oxygen atoms in total. The molecule has 0 fully saturated rings. The van der Waals surface area contributed by atoms with Crippen molar-refractivity contribution in [2.75, 3.05) is 5.32 Å². The first kappa shape index (κ1) is 10.6. The molecule has 1 aromatic carbocycles. The van der Waals surface area contributed by atoms with E-state index in [1.807, 2.05) is 24.3 Å². The summed E-state index contributed by atoms with van der Waals surface area (Å²) in [5.41, 5.74) is 3.54. The number of hydrogen-bond acceptors (Lipinski definition) is 5. The Bertz CT molecular complexity index is 667. The van der Waals surface area contributed by atoms with E-state index in [0.29, 0.717) is 0 Å². The van der Waals surface area contributed by atoms with E-state index in [9.17, 15) is 0 Å². The van der Waals surface area contributed by atoms with E-state index in [2.05, 4.69) is 36.2 Å². The zero-order valence-corrected chi connectivity index (χ0v) is 11.0. The summed E-state index contributed by atoms with van der Waals surface area (Å²) in [4.78, 5) is 13.5. The zero-order chi connectivity index (χ0) is 11.7. The van der Waals surface area contributed by atoms with Gasteiger partial charge in [-0.25, -0.2) is 15.0 Å². The van der Waals surface area contributed by atoms with Crippen LogP contribution in [0.2, 0.25) is 0 Å². The summed E-state index contributed by atoms with van der Waals surface area (Å²) >= 11 is 4.94. The van der Waals surface area contributed by atoms with Gasteiger partial charge in [0.25, 0.3) is 0 Å². The van der Waals surface area contributed by atoms with E-state index in [1.54, 1.807) is 11.8 Å². The molecule has 0 unspecified atom stereocenters. The summed E-state index contributed by atoms with van der Waals surface area (Å²) in [6, 6.07) is 7.90. The maximum Gasteiger partial charge on any atom is 0.161 e. The number of hydrogen-bond donors (Lipinski definition) is 1. The van der Waals surface area contributed by atoms with Crippen LogP contribution in [0.5, 0.6) is 0 Å². The second kappa shape index (κ2) is 4.38. The van der Waals surface area contributed by atoms with Crippen LogP contribution in [0.15, 0.2) is 40.6 Å². The standard InChI is InChI=1S/C11H7BrN4S/c12-7-2-1-3-8(4-7)16-10-9-11(14-5-13-10)17-6-15-9/h1-6H,(H,13,14,16). The van der Waals surface area contributed by atoms with Crippen LogP contribution in [0.3, 0.4) is 0 Å². The highest BCUT2D eigenvalue weighted by molar-refractivity contribution is 9.10. The van der Waals surface area contributed by atoms with Crippen molar-refractivity contribution >= 4 is 49.1 Å². The number of halogens is 1. The van der Waals surface area contributed by atoms with Gasteiger partial charge in [0.2, 0.25) is 0 Å². The molecular weight excluding hydrogens is 300 g/mol. The third-order valence-electron chi connectivity index (χ3n) is 2.22. The lowest BCUT2D eigenvalue weighted by Gasteiger charge is -2.05. The van der Waals surface area contributed by atoms with Gasteiger partial charge in [-0.05, 0) is 18.2 Å². The molecule has 0 aliphatic heterocycles. The molecule has 0 aliphatic rings. The molecule has 2 heterocycles. The highest BCUT2D eigenvalue weighted by atomic mass is 79.9. The molecule has 6 heteroatoms. The average Bonchev–Trinajstić information content (AvgIpc) is 2.78. The minimum Gasteiger partial charge on any atom is -0.338 e. The molecule has 2 aromatic heterocycles. The van der Waals surface area contributed by atoms with Gasteiger partial charge in [-0.2, -0.15) is 0 Å². The van der Waals surface area contributed by atoms with Crippen molar-refractivity contribution in [1.82, 2.24) is 15.0 Å². The minimum absolute atomic E-state index is 0.731. The van der Waals surface area contributed by atoms with Gasteiger partial charge in [-0.15, -0.1) is 11.3 Å². The van der Waals surface area contributed by atoms with Crippen LogP contribution in [0.4, 0.5) is 11.5 Å². The fourth-order valence-electron chi connectivity index (χ4n) is 1.49. The third kappa shape index (κ3) is 2.13. The maximum absolute atomic E-state index is 4.26.